The quantitative estimate of drug-likeness (QED) is 0.924. The summed E-state index contributed by atoms with van der Waals surface area (Å²) >= 11 is 1.34. The SMILES string of the molecule is CNC(=O)c1cnc([C@H]2CCCCN2C(=O)c2cnccn2)s1. The van der Waals surface area contributed by atoms with E-state index in [9.17, 15) is 9.59 Å². The number of nitrogens with one attached hydrogen (secondary N) is 1. The van der Waals surface area contributed by atoms with Crippen molar-refractivity contribution in [2.45, 2.75) is 25.3 Å². The lowest BCUT2D eigenvalue weighted by atomic mass is 10.0. The van der Waals surface area contributed by atoms with Crippen LogP contribution in [-0.2, 0) is 0 Å². The van der Waals surface area contributed by atoms with Crippen molar-refractivity contribution in [1.82, 2.24) is 25.2 Å². The van der Waals surface area contributed by atoms with Crippen molar-refractivity contribution in [3.8, 4) is 0 Å². The maximum atomic E-state index is 12.7. The summed E-state index contributed by atoms with van der Waals surface area (Å²) in [6.07, 6.45) is 8.93. The molecule has 7 nitrogen and oxygen atoms in total. The van der Waals surface area contributed by atoms with Crippen LogP contribution in [0.1, 0.15) is 50.5 Å². The molecule has 0 radical (unpaired) electrons. The van der Waals surface area contributed by atoms with Crippen molar-refractivity contribution in [3.63, 3.8) is 0 Å². The molecule has 23 heavy (non-hydrogen) atoms. The highest BCUT2D eigenvalue weighted by Gasteiger charge is 2.31. The number of hydrogen-bond donors (Lipinski definition) is 1. The van der Waals surface area contributed by atoms with Gasteiger partial charge < -0.3 is 10.2 Å². The van der Waals surface area contributed by atoms with Crippen LogP contribution in [0.15, 0.2) is 24.8 Å². The fourth-order valence-electron chi connectivity index (χ4n) is 2.66. The van der Waals surface area contributed by atoms with Gasteiger partial charge in [0.25, 0.3) is 11.8 Å². The van der Waals surface area contributed by atoms with E-state index in [4.69, 9.17) is 0 Å². The number of hydrogen-bond acceptors (Lipinski definition) is 6. The van der Waals surface area contributed by atoms with Crippen LogP contribution >= 0.6 is 11.3 Å². The summed E-state index contributed by atoms with van der Waals surface area (Å²) in [5.74, 6) is -0.296. The summed E-state index contributed by atoms with van der Waals surface area (Å²) < 4.78 is 0. The number of carbonyl (C=O) groups excluding carboxylic acids is 2. The van der Waals surface area contributed by atoms with Gasteiger partial charge in [0.1, 0.15) is 15.6 Å². The van der Waals surface area contributed by atoms with Gasteiger partial charge in [-0.25, -0.2) is 9.97 Å². The smallest absolute Gasteiger partial charge is 0.274 e. The molecule has 0 saturated carbocycles. The van der Waals surface area contributed by atoms with Crippen LogP contribution in [0.4, 0.5) is 0 Å². The third-order valence-electron chi connectivity index (χ3n) is 3.81. The molecule has 0 unspecified atom stereocenters. The van der Waals surface area contributed by atoms with E-state index in [1.54, 1.807) is 24.3 Å². The third-order valence-corrected chi connectivity index (χ3v) is 4.90. The molecule has 1 aliphatic rings. The zero-order valence-electron chi connectivity index (χ0n) is 12.7. The minimum absolute atomic E-state index is 0.110. The summed E-state index contributed by atoms with van der Waals surface area (Å²) in [6, 6.07) is -0.110. The lowest BCUT2D eigenvalue weighted by molar-refractivity contribution is 0.0604. The maximum Gasteiger partial charge on any atom is 0.274 e. The van der Waals surface area contributed by atoms with Gasteiger partial charge in [-0.05, 0) is 19.3 Å². The second-order valence-electron chi connectivity index (χ2n) is 5.24. The molecule has 1 atom stereocenters. The second kappa shape index (κ2) is 6.82. The first-order valence-electron chi connectivity index (χ1n) is 7.45. The number of carbonyl (C=O) groups is 2. The molecule has 0 aromatic carbocycles. The number of thiazole rings is 1. The van der Waals surface area contributed by atoms with E-state index >= 15 is 0 Å². The van der Waals surface area contributed by atoms with Crippen molar-refractivity contribution in [2.75, 3.05) is 13.6 Å². The molecule has 3 rings (SSSR count). The van der Waals surface area contributed by atoms with Gasteiger partial charge in [-0.2, -0.15) is 0 Å². The number of rotatable bonds is 3. The molecule has 3 heterocycles. The van der Waals surface area contributed by atoms with Crippen molar-refractivity contribution in [2.24, 2.45) is 0 Å². The largest absolute Gasteiger partial charge is 0.354 e. The average Bonchev–Trinajstić information content (AvgIpc) is 3.11. The number of piperidine rings is 1. The van der Waals surface area contributed by atoms with Gasteiger partial charge in [0, 0.05) is 26.0 Å². The Labute approximate surface area is 137 Å². The van der Waals surface area contributed by atoms with Crippen LogP contribution in [0.5, 0.6) is 0 Å². The Bertz CT molecular complexity index is 703. The lowest BCUT2D eigenvalue weighted by Gasteiger charge is -2.34. The number of amides is 2. The second-order valence-corrected chi connectivity index (χ2v) is 6.30. The predicted molar refractivity (Wildman–Crippen MR) is 85.2 cm³/mol. The minimum atomic E-state index is -0.156. The van der Waals surface area contributed by atoms with Crippen molar-refractivity contribution in [3.05, 3.63) is 40.4 Å². The molecule has 2 amide bonds. The van der Waals surface area contributed by atoms with Crippen molar-refractivity contribution < 1.29 is 9.59 Å². The van der Waals surface area contributed by atoms with Crippen LogP contribution in [0, 0.1) is 0 Å². The third kappa shape index (κ3) is 3.21. The molecular formula is C15H17N5O2S. The highest BCUT2D eigenvalue weighted by molar-refractivity contribution is 7.13. The fraction of sp³-hybridized carbons (Fsp3) is 0.400. The first-order chi connectivity index (χ1) is 11.2. The van der Waals surface area contributed by atoms with E-state index in [0.717, 1.165) is 24.3 Å². The van der Waals surface area contributed by atoms with Crippen LogP contribution in [0.3, 0.4) is 0 Å². The predicted octanol–water partition coefficient (Wildman–Crippen LogP) is 1.66. The fourth-order valence-corrected chi connectivity index (χ4v) is 3.67. The average molecular weight is 331 g/mol. The van der Waals surface area contributed by atoms with Crippen LogP contribution in [-0.4, -0.2) is 45.3 Å². The summed E-state index contributed by atoms with van der Waals surface area (Å²) in [5.41, 5.74) is 0.336. The monoisotopic (exact) mass is 331 g/mol. The Kier molecular flexibility index (Phi) is 4.61. The maximum absolute atomic E-state index is 12.7. The zero-order valence-corrected chi connectivity index (χ0v) is 13.5. The lowest BCUT2D eigenvalue weighted by Crippen LogP contribution is -2.38. The van der Waals surface area contributed by atoms with Crippen molar-refractivity contribution >= 4 is 23.2 Å². The highest BCUT2D eigenvalue weighted by atomic mass is 32.1. The van der Waals surface area contributed by atoms with E-state index in [2.05, 4.69) is 20.3 Å². The number of nitrogens with zero attached hydrogens (tertiary/aromatic N) is 4. The molecule has 0 aliphatic carbocycles. The topological polar surface area (TPSA) is 88.1 Å². The van der Waals surface area contributed by atoms with Gasteiger partial charge in [-0.1, -0.05) is 0 Å². The Balaban J connectivity index is 1.85. The van der Waals surface area contributed by atoms with E-state index in [0.29, 0.717) is 17.1 Å². The van der Waals surface area contributed by atoms with Gasteiger partial charge in [0.05, 0.1) is 18.4 Å². The standard InChI is InChI=1S/C15H17N5O2S/c1-16-13(21)12-9-19-14(23-12)11-4-2-3-7-20(11)15(22)10-8-17-5-6-18-10/h5-6,8-9,11H,2-4,7H2,1H3,(H,16,21)/t11-/m1/s1. The molecule has 2 aromatic heterocycles. The molecule has 0 bridgehead atoms. The van der Waals surface area contributed by atoms with Crippen molar-refractivity contribution in [1.29, 1.82) is 0 Å². The van der Waals surface area contributed by atoms with E-state index < -0.39 is 0 Å². The molecule has 1 fully saturated rings. The number of aromatic nitrogens is 3. The summed E-state index contributed by atoms with van der Waals surface area (Å²) in [7, 11) is 1.59. The molecule has 0 spiro atoms. The van der Waals surface area contributed by atoms with Gasteiger partial charge in [0.15, 0.2) is 0 Å². The van der Waals surface area contributed by atoms with E-state index in [-0.39, 0.29) is 17.9 Å². The Morgan fingerprint density at radius 3 is 2.87 bits per heavy atom. The van der Waals surface area contributed by atoms with E-state index in [1.165, 1.54) is 23.7 Å². The first-order valence-corrected chi connectivity index (χ1v) is 8.27. The van der Waals surface area contributed by atoms with Crippen LogP contribution in [0.25, 0.3) is 0 Å². The van der Waals surface area contributed by atoms with Gasteiger partial charge in [0.2, 0.25) is 0 Å². The molecule has 8 heteroatoms. The van der Waals surface area contributed by atoms with E-state index in [1.807, 2.05) is 0 Å². The van der Waals surface area contributed by atoms with Gasteiger partial charge in [-0.15, -0.1) is 11.3 Å². The summed E-state index contributed by atoms with van der Waals surface area (Å²) in [5, 5.41) is 3.38. The molecule has 1 saturated heterocycles. The normalized spacial score (nSPS) is 17.8. The van der Waals surface area contributed by atoms with Gasteiger partial charge >= 0.3 is 0 Å². The molecular weight excluding hydrogens is 314 g/mol. The Morgan fingerprint density at radius 1 is 1.26 bits per heavy atom. The van der Waals surface area contributed by atoms with Crippen LogP contribution < -0.4 is 5.32 Å². The molecule has 1 N–H and O–H groups in total. The zero-order chi connectivity index (χ0) is 16.2. The van der Waals surface area contributed by atoms with Gasteiger partial charge in [-0.3, -0.25) is 14.6 Å². The Morgan fingerprint density at radius 2 is 2.13 bits per heavy atom. The highest BCUT2D eigenvalue weighted by Crippen LogP contribution is 2.34. The molecule has 120 valence electrons. The molecule has 1 aliphatic heterocycles. The molecule has 2 aromatic rings. The summed E-state index contributed by atoms with van der Waals surface area (Å²) in [6.45, 7) is 0.662. The summed E-state index contributed by atoms with van der Waals surface area (Å²) in [4.78, 5) is 39.2. The Hall–Kier alpha value is -2.35. The number of likely N-dealkylation sites (tertiary alicyclic amines) is 1. The minimum Gasteiger partial charge on any atom is -0.354 e. The van der Waals surface area contributed by atoms with Crippen LogP contribution in [0.2, 0.25) is 0 Å². The first kappa shape index (κ1) is 15.5.